The largest absolute Gasteiger partial charge is 0.410 e. The van der Waals surface area contributed by atoms with E-state index in [4.69, 9.17) is 4.42 Å². The van der Waals surface area contributed by atoms with Gasteiger partial charge in [0.15, 0.2) is 0 Å². The number of thioether (sulfide) groups is 1. The second-order valence-corrected chi connectivity index (χ2v) is 6.27. The van der Waals surface area contributed by atoms with Gasteiger partial charge in [0, 0.05) is 6.20 Å². The lowest BCUT2D eigenvalue weighted by Gasteiger charge is -1.98. The molecule has 1 N–H and O–H groups in total. The minimum Gasteiger partial charge on any atom is -0.410 e. The fourth-order valence-electron chi connectivity index (χ4n) is 1.59. The van der Waals surface area contributed by atoms with Gasteiger partial charge in [0.05, 0.1) is 5.75 Å². The van der Waals surface area contributed by atoms with Crippen LogP contribution in [-0.4, -0.2) is 37.0 Å². The molecule has 0 atom stereocenters. The van der Waals surface area contributed by atoms with Crippen LogP contribution in [0.3, 0.4) is 0 Å². The summed E-state index contributed by atoms with van der Waals surface area (Å²) in [6.07, 6.45) is 2.44. The molecule has 118 valence electrons. The highest BCUT2D eigenvalue weighted by molar-refractivity contribution is 7.99. The molecule has 0 saturated carbocycles. The molecule has 0 unspecified atom stereocenters. The number of nitrogens with zero attached hydrogens (tertiary/aromatic N) is 5. The number of nitrogens with one attached hydrogen (secondary N) is 1. The van der Waals surface area contributed by atoms with E-state index in [2.05, 4.69) is 30.7 Å². The summed E-state index contributed by atoms with van der Waals surface area (Å²) in [5.74, 6) is 0.266. The molecule has 3 rings (SSSR count). The highest BCUT2D eigenvalue weighted by Gasteiger charge is 2.13. The van der Waals surface area contributed by atoms with Crippen LogP contribution in [0.2, 0.25) is 0 Å². The first kappa shape index (κ1) is 15.6. The Kier molecular flexibility index (Phi) is 4.93. The van der Waals surface area contributed by atoms with Gasteiger partial charge in [-0.05, 0) is 18.6 Å². The minimum absolute atomic E-state index is 0.144. The topological polar surface area (TPSA) is 107 Å². The van der Waals surface area contributed by atoms with Crippen LogP contribution in [-0.2, 0) is 11.2 Å². The summed E-state index contributed by atoms with van der Waals surface area (Å²) in [6.45, 7) is 1.98. The highest BCUT2D eigenvalue weighted by Crippen LogP contribution is 2.22. The number of aryl methyl sites for hydroxylation is 1. The molecule has 0 aliphatic carbocycles. The van der Waals surface area contributed by atoms with Crippen molar-refractivity contribution >= 4 is 34.1 Å². The molecule has 10 heteroatoms. The zero-order valence-electron chi connectivity index (χ0n) is 12.1. The first-order valence-corrected chi connectivity index (χ1v) is 8.54. The first-order chi connectivity index (χ1) is 11.2. The molecule has 0 aliphatic rings. The molecular formula is C13H12N6O2S2. The third-order valence-corrected chi connectivity index (χ3v) is 4.43. The van der Waals surface area contributed by atoms with Crippen molar-refractivity contribution in [1.82, 2.24) is 25.4 Å². The van der Waals surface area contributed by atoms with Gasteiger partial charge in [-0.3, -0.25) is 15.1 Å². The Bertz CT molecular complexity index is 789. The number of amides is 1. The summed E-state index contributed by atoms with van der Waals surface area (Å²) in [6, 6.07) is 5.41. The number of anilines is 1. The van der Waals surface area contributed by atoms with Gasteiger partial charge in [-0.1, -0.05) is 36.1 Å². The quantitative estimate of drug-likeness (QED) is 0.676. The van der Waals surface area contributed by atoms with Crippen LogP contribution in [0.5, 0.6) is 0 Å². The maximum absolute atomic E-state index is 11.9. The third-order valence-electron chi connectivity index (χ3n) is 2.63. The lowest BCUT2D eigenvalue weighted by atomic mass is 10.3. The maximum atomic E-state index is 11.9. The maximum Gasteiger partial charge on any atom is 0.277 e. The van der Waals surface area contributed by atoms with E-state index in [0.29, 0.717) is 21.9 Å². The first-order valence-electron chi connectivity index (χ1n) is 6.74. The number of rotatable bonds is 6. The fraction of sp³-hybridized carbons (Fsp3) is 0.231. The van der Waals surface area contributed by atoms with E-state index in [0.717, 1.165) is 23.2 Å². The summed E-state index contributed by atoms with van der Waals surface area (Å²) < 4.78 is 5.46. The SMILES string of the molecule is CCc1nnc(NC(=O)CSc2nnc(-c3ccccn3)o2)s1. The van der Waals surface area contributed by atoms with Gasteiger partial charge in [-0.15, -0.1) is 20.4 Å². The van der Waals surface area contributed by atoms with Gasteiger partial charge in [-0.2, -0.15) is 0 Å². The van der Waals surface area contributed by atoms with Gasteiger partial charge in [0.25, 0.3) is 11.1 Å². The molecule has 0 radical (unpaired) electrons. The summed E-state index contributed by atoms with van der Waals surface area (Å²) in [5.41, 5.74) is 0.595. The minimum atomic E-state index is -0.202. The number of pyridine rings is 1. The Balaban J connectivity index is 1.54. The van der Waals surface area contributed by atoms with Crippen LogP contribution in [0, 0.1) is 0 Å². The zero-order chi connectivity index (χ0) is 16.1. The van der Waals surface area contributed by atoms with Gasteiger partial charge in [0.1, 0.15) is 10.7 Å². The van der Waals surface area contributed by atoms with Gasteiger partial charge in [-0.25, -0.2) is 0 Å². The van der Waals surface area contributed by atoms with Crippen molar-refractivity contribution in [2.75, 3.05) is 11.1 Å². The van der Waals surface area contributed by atoms with Crippen LogP contribution in [0.25, 0.3) is 11.6 Å². The Hall–Kier alpha value is -2.33. The smallest absolute Gasteiger partial charge is 0.277 e. The molecule has 0 saturated heterocycles. The number of hydrogen-bond acceptors (Lipinski definition) is 9. The van der Waals surface area contributed by atoms with Crippen LogP contribution in [0.15, 0.2) is 34.0 Å². The summed E-state index contributed by atoms with van der Waals surface area (Å²) >= 11 is 2.51. The van der Waals surface area contributed by atoms with E-state index in [1.54, 1.807) is 18.3 Å². The standard InChI is InChI=1S/C13H12N6O2S2/c1-2-10-16-18-12(23-10)15-9(20)7-22-13-19-17-11(21-13)8-5-3-4-6-14-8/h3-6H,2,7H2,1H3,(H,15,18,20). The van der Waals surface area contributed by atoms with Crippen molar-refractivity contribution in [3.8, 4) is 11.6 Å². The Morgan fingerprint density at radius 3 is 2.96 bits per heavy atom. The summed E-state index contributed by atoms with van der Waals surface area (Å²) in [5, 5.41) is 20.0. The molecule has 3 aromatic rings. The van der Waals surface area contributed by atoms with Crippen molar-refractivity contribution in [3.05, 3.63) is 29.4 Å². The summed E-state index contributed by atoms with van der Waals surface area (Å²) in [7, 11) is 0. The summed E-state index contributed by atoms with van der Waals surface area (Å²) in [4.78, 5) is 16.0. The number of carbonyl (C=O) groups is 1. The van der Waals surface area contributed by atoms with Crippen molar-refractivity contribution in [3.63, 3.8) is 0 Å². The number of hydrogen-bond donors (Lipinski definition) is 1. The molecule has 3 aromatic heterocycles. The monoisotopic (exact) mass is 348 g/mol. The molecule has 0 spiro atoms. The van der Waals surface area contributed by atoms with E-state index in [-0.39, 0.29) is 11.7 Å². The predicted molar refractivity (Wildman–Crippen MR) is 86.2 cm³/mol. The Morgan fingerprint density at radius 1 is 1.30 bits per heavy atom. The average Bonchev–Trinajstić information content (AvgIpc) is 3.23. The molecule has 23 heavy (non-hydrogen) atoms. The molecule has 0 bridgehead atoms. The van der Waals surface area contributed by atoms with E-state index in [1.807, 2.05) is 13.0 Å². The lowest BCUT2D eigenvalue weighted by Crippen LogP contribution is -2.13. The van der Waals surface area contributed by atoms with E-state index >= 15 is 0 Å². The number of aromatic nitrogens is 5. The van der Waals surface area contributed by atoms with Crippen molar-refractivity contribution in [2.45, 2.75) is 18.6 Å². The van der Waals surface area contributed by atoms with Crippen LogP contribution in [0.4, 0.5) is 5.13 Å². The third kappa shape index (κ3) is 4.11. The van der Waals surface area contributed by atoms with E-state index in [1.165, 1.54) is 11.3 Å². The zero-order valence-corrected chi connectivity index (χ0v) is 13.7. The highest BCUT2D eigenvalue weighted by atomic mass is 32.2. The fourth-order valence-corrected chi connectivity index (χ4v) is 2.85. The van der Waals surface area contributed by atoms with Crippen molar-refractivity contribution in [2.24, 2.45) is 0 Å². The van der Waals surface area contributed by atoms with Crippen LogP contribution >= 0.6 is 23.1 Å². The van der Waals surface area contributed by atoms with Crippen LogP contribution in [0.1, 0.15) is 11.9 Å². The Labute approximate surface area is 139 Å². The van der Waals surface area contributed by atoms with Gasteiger partial charge in [0.2, 0.25) is 11.0 Å². The van der Waals surface area contributed by atoms with Crippen molar-refractivity contribution in [1.29, 1.82) is 0 Å². The van der Waals surface area contributed by atoms with E-state index < -0.39 is 0 Å². The predicted octanol–water partition coefficient (Wildman–Crippen LogP) is 2.28. The molecule has 3 heterocycles. The Morgan fingerprint density at radius 2 is 2.22 bits per heavy atom. The molecule has 8 nitrogen and oxygen atoms in total. The molecular weight excluding hydrogens is 336 g/mol. The lowest BCUT2D eigenvalue weighted by molar-refractivity contribution is -0.113. The average molecular weight is 348 g/mol. The molecule has 0 fully saturated rings. The van der Waals surface area contributed by atoms with Crippen molar-refractivity contribution < 1.29 is 9.21 Å². The van der Waals surface area contributed by atoms with Crippen LogP contribution < -0.4 is 5.32 Å². The van der Waals surface area contributed by atoms with Gasteiger partial charge < -0.3 is 4.42 Å². The molecule has 1 amide bonds. The van der Waals surface area contributed by atoms with E-state index in [9.17, 15) is 4.79 Å². The molecule has 0 aromatic carbocycles. The molecule has 0 aliphatic heterocycles. The number of carbonyl (C=O) groups excluding carboxylic acids is 1. The van der Waals surface area contributed by atoms with Gasteiger partial charge >= 0.3 is 0 Å². The second kappa shape index (κ2) is 7.29. The normalized spacial score (nSPS) is 10.7. The second-order valence-electron chi connectivity index (χ2n) is 4.28.